The smallest absolute Gasteiger partial charge is 0.320 e. The van der Waals surface area contributed by atoms with Crippen molar-refractivity contribution in [2.75, 3.05) is 13.7 Å². The summed E-state index contributed by atoms with van der Waals surface area (Å²) in [7, 11) is 1.40. The third kappa shape index (κ3) is 5.52. The van der Waals surface area contributed by atoms with E-state index in [9.17, 15) is 4.79 Å². The van der Waals surface area contributed by atoms with Crippen LogP contribution >= 0.6 is 15.9 Å². The Morgan fingerprint density at radius 2 is 1.93 bits per heavy atom. The molecule has 0 aromatic heterocycles. The van der Waals surface area contributed by atoms with Gasteiger partial charge in [-0.1, -0.05) is 42.6 Å². The van der Waals surface area contributed by atoms with Gasteiger partial charge in [-0.2, -0.15) is 0 Å². The number of halogens is 1. The van der Waals surface area contributed by atoms with Crippen molar-refractivity contribution in [3.63, 3.8) is 0 Å². The third-order valence-corrected chi connectivity index (χ3v) is 3.53. The molecule has 90 valence electrons. The number of methoxy groups -OCH3 is 1. The Bertz CT molecular complexity index is 183. The van der Waals surface area contributed by atoms with Gasteiger partial charge in [-0.25, -0.2) is 0 Å². The van der Waals surface area contributed by atoms with Crippen LogP contribution in [-0.4, -0.2) is 30.5 Å². The van der Waals surface area contributed by atoms with E-state index in [1.807, 2.05) is 0 Å². The molecular weight excluding hydrogens is 258 g/mol. The lowest BCUT2D eigenvalue weighted by molar-refractivity contribution is -0.139. The maximum Gasteiger partial charge on any atom is 0.320 e. The maximum atomic E-state index is 11.1. The number of carbonyl (C=O) groups is 1. The van der Waals surface area contributed by atoms with Crippen LogP contribution in [0.1, 0.15) is 33.6 Å². The molecule has 0 aromatic rings. The van der Waals surface area contributed by atoms with E-state index in [0.29, 0.717) is 18.5 Å². The number of rotatable bonds is 7. The Balaban J connectivity index is 3.88. The summed E-state index contributed by atoms with van der Waals surface area (Å²) in [5.74, 6) is 0.446. The third-order valence-electron chi connectivity index (χ3n) is 2.83. The summed E-state index contributed by atoms with van der Waals surface area (Å²) in [6, 6.07) is 0.435. The highest BCUT2D eigenvalue weighted by atomic mass is 79.9. The summed E-state index contributed by atoms with van der Waals surface area (Å²) < 4.78 is 4.63. The van der Waals surface area contributed by atoms with Gasteiger partial charge in [0.15, 0.2) is 0 Å². The summed E-state index contributed by atoms with van der Waals surface area (Å²) in [6.07, 6.45) is 2.33. The molecule has 0 bridgehead atoms. The molecule has 15 heavy (non-hydrogen) atoms. The Kier molecular flexibility index (Phi) is 8.06. The van der Waals surface area contributed by atoms with Crippen molar-refractivity contribution >= 4 is 21.9 Å². The molecule has 0 saturated heterocycles. The fourth-order valence-corrected chi connectivity index (χ4v) is 2.04. The van der Waals surface area contributed by atoms with Gasteiger partial charge < -0.3 is 10.1 Å². The molecule has 2 unspecified atom stereocenters. The zero-order valence-corrected chi connectivity index (χ0v) is 11.6. The van der Waals surface area contributed by atoms with Crippen LogP contribution in [0.5, 0.6) is 0 Å². The zero-order chi connectivity index (χ0) is 11.8. The van der Waals surface area contributed by atoms with E-state index in [2.05, 4.69) is 46.8 Å². The molecule has 0 amide bonds. The van der Waals surface area contributed by atoms with Gasteiger partial charge in [0.1, 0.15) is 4.83 Å². The van der Waals surface area contributed by atoms with Gasteiger partial charge >= 0.3 is 5.97 Å². The summed E-state index contributed by atoms with van der Waals surface area (Å²) in [4.78, 5) is 10.9. The van der Waals surface area contributed by atoms with Crippen LogP contribution in [0.15, 0.2) is 0 Å². The normalized spacial score (nSPS) is 15.1. The number of hydrogen-bond donors (Lipinski definition) is 1. The van der Waals surface area contributed by atoms with E-state index in [-0.39, 0.29) is 10.8 Å². The fourth-order valence-electron chi connectivity index (χ4n) is 1.66. The van der Waals surface area contributed by atoms with Crippen LogP contribution in [-0.2, 0) is 9.53 Å². The highest BCUT2D eigenvalue weighted by Gasteiger charge is 2.18. The Morgan fingerprint density at radius 1 is 1.40 bits per heavy atom. The average Bonchev–Trinajstić information content (AvgIpc) is 2.26. The first-order valence-electron chi connectivity index (χ1n) is 5.52. The number of alkyl halides is 1. The lowest BCUT2D eigenvalue weighted by atomic mass is 9.95. The van der Waals surface area contributed by atoms with Crippen LogP contribution in [0.4, 0.5) is 0 Å². The molecule has 0 aliphatic carbocycles. The van der Waals surface area contributed by atoms with Crippen molar-refractivity contribution in [3.05, 3.63) is 0 Å². The molecule has 0 fully saturated rings. The van der Waals surface area contributed by atoms with Crippen LogP contribution in [0.3, 0.4) is 0 Å². The van der Waals surface area contributed by atoms with Crippen LogP contribution in [0.2, 0.25) is 0 Å². The van der Waals surface area contributed by atoms with Crippen LogP contribution in [0.25, 0.3) is 0 Å². The molecule has 0 heterocycles. The second-order valence-corrected chi connectivity index (χ2v) is 4.87. The minimum atomic E-state index is -0.251. The molecule has 0 radical (unpaired) electrons. The van der Waals surface area contributed by atoms with E-state index in [1.54, 1.807) is 0 Å². The first-order valence-corrected chi connectivity index (χ1v) is 6.43. The van der Waals surface area contributed by atoms with Crippen molar-refractivity contribution < 1.29 is 9.53 Å². The molecule has 4 heteroatoms. The molecule has 1 N–H and O–H groups in total. The van der Waals surface area contributed by atoms with Gasteiger partial charge in [0.25, 0.3) is 0 Å². The standard InChI is InChI=1S/C11H22BrNO2/c1-5-9(6-2)8(3)13-7-10(12)11(14)15-4/h8-10,13H,5-7H2,1-4H3. The predicted octanol–water partition coefficient (Wildman–Crippen LogP) is 2.34. The number of esters is 1. The molecule has 0 aromatic carbocycles. The van der Waals surface area contributed by atoms with Crippen LogP contribution < -0.4 is 5.32 Å². The lowest BCUT2D eigenvalue weighted by Crippen LogP contribution is -2.39. The van der Waals surface area contributed by atoms with Crippen molar-refractivity contribution in [1.29, 1.82) is 0 Å². The van der Waals surface area contributed by atoms with E-state index in [0.717, 1.165) is 12.8 Å². The number of carbonyl (C=O) groups excluding carboxylic acids is 1. The summed E-state index contributed by atoms with van der Waals surface area (Å²) in [5, 5.41) is 3.35. The molecular formula is C11H22BrNO2. The second-order valence-electron chi connectivity index (χ2n) is 3.76. The van der Waals surface area contributed by atoms with Gasteiger partial charge in [-0.3, -0.25) is 4.79 Å². The van der Waals surface area contributed by atoms with Crippen molar-refractivity contribution in [2.45, 2.75) is 44.5 Å². The monoisotopic (exact) mass is 279 g/mol. The molecule has 0 aliphatic heterocycles. The second kappa shape index (κ2) is 8.11. The van der Waals surface area contributed by atoms with Crippen molar-refractivity contribution in [2.24, 2.45) is 5.92 Å². The molecule has 2 atom stereocenters. The summed E-state index contributed by atoms with van der Waals surface area (Å²) in [5.41, 5.74) is 0. The largest absolute Gasteiger partial charge is 0.468 e. The van der Waals surface area contributed by atoms with Gasteiger partial charge in [0, 0.05) is 12.6 Å². The number of nitrogens with one attached hydrogen (secondary N) is 1. The van der Waals surface area contributed by atoms with Gasteiger partial charge in [0.2, 0.25) is 0 Å². The summed E-state index contributed by atoms with van der Waals surface area (Å²) in [6.45, 7) is 7.16. The minimum Gasteiger partial charge on any atom is -0.468 e. The molecule has 0 aliphatic rings. The number of hydrogen-bond acceptors (Lipinski definition) is 3. The lowest BCUT2D eigenvalue weighted by Gasteiger charge is -2.23. The van der Waals surface area contributed by atoms with Crippen LogP contribution in [0, 0.1) is 5.92 Å². The predicted molar refractivity (Wildman–Crippen MR) is 66.3 cm³/mol. The Hall–Kier alpha value is -0.0900. The van der Waals surface area contributed by atoms with E-state index >= 15 is 0 Å². The Morgan fingerprint density at radius 3 is 2.33 bits per heavy atom. The van der Waals surface area contributed by atoms with Gasteiger partial charge in [-0.05, 0) is 12.8 Å². The maximum absolute atomic E-state index is 11.1. The van der Waals surface area contributed by atoms with Crippen molar-refractivity contribution in [1.82, 2.24) is 5.32 Å². The van der Waals surface area contributed by atoms with Crippen molar-refractivity contribution in [3.8, 4) is 0 Å². The topological polar surface area (TPSA) is 38.3 Å². The van der Waals surface area contributed by atoms with Gasteiger partial charge in [-0.15, -0.1) is 0 Å². The molecule has 0 saturated carbocycles. The molecule has 0 spiro atoms. The summed E-state index contributed by atoms with van der Waals surface area (Å²) >= 11 is 3.29. The minimum absolute atomic E-state index is 0.223. The van der Waals surface area contributed by atoms with E-state index in [4.69, 9.17) is 0 Å². The fraction of sp³-hybridized carbons (Fsp3) is 0.909. The first kappa shape index (κ1) is 14.9. The Labute approximate surface area is 101 Å². The van der Waals surface area contributed by atoms with E-state index in [1.165, 1.54) is 7.11 Å². The SMILES string of the molecule is CCC(CC)C(C)NCC(Br)C(=O)OC. The molecule has 3 nitrogen and oxygen atoms in total. The quantitative estimate of drug-likeness (QED) is 0.574. The highest BCUT2D eigenvalue weighted by molar-refractivity contribution is 9.10. The average molecular weight is 280 g/mol. The zero-order valence-electron chi connectivity index (χ0n) is 10.0. The first-order chi connectivity index (χ1) is 7.06. The number of ether oxygens (including phenoxy) is 1. The highest BCUT2D eigenvalue weighted by Crippen LogP contribution is 2.13. The van der Waals surface area contributed by atoms with Gasteiger partial charge in [0.05, 0.1) is 7.11 Å². The van der Waals surface area contributed by atoms with E-state index < -0.39 is 0 Å². The molecule has 0 rings (SSSR count).